The third-order valence-corrected chi connectivity index (χ3v) is 5.15. The number of methoxy groups -OCH3 is 1. The maximum Gasteiger partial charge on any atom is 0.416 e. The standard InChI is InChI=1S/C21H22F3NO3/c1-28-18-7-3-2-6-17(18)19(25-12-4-5-15(13-25)20(26)27)14-8-10-16(11-9-14)21(22,23)24/h2-3,6-11,15,19H,4-5,12-13H2,1H3,(H,26,27). The maximum absolute atomic E-state index is 13.0. The first kappa shape index (κ1) is 20.2. The van der Waals surface area contributed by atoms with Crippen LogP contribution in [0.5, 0.6) is 5.75 Å². The molecule has 1 fully saturated rings. The Balaban J connectivity index is 2.03. The van der Waals surface area contributed by atoms with E-state index < -0.39 is 23.6 Å². The van der Waals surface area contributed by atoms with Gasteiger partial charge in [0, 0.05) is 12.1 Å². The summed E-state index contributed by atoms with van der Waals surface area (Å²) in [6, 6.07) is 12.0. The van der Waals surface area contributed by atoms with Crippen LogP contribution < -0.4 is 4.74 Å². The number of piperidine rings is 1. The van der Waals surface area contributed by atoms with Gasteiger partial charge in [-0.3, -0.25) is 9.69 Å². The normalized spacial score (nSPS) is 19.2. The number of para-hydroxylation sites is 1. The van der Waals surface area contributed by atoms with Crippen LogP contribution in [0.4, 0.5) is 13.2 Å². The molecule has 2 aromatic carbocycles. The summed E-state index contributed by atoms with van der Waals surface area (Å²) in [7, 11) is 1.54. The molecule has 2 aromatic rings. The largest absolute Gasteiger partial charge is 0.496 e. The number of alkyl halides is 3. The molecule has 2 atom stereocenters. The van der Waals surface area contributed by atoms with Crippen molar-refractivity contribution in [1.29, 1.82) is 0 Å². The lowest BCUT2D eigenvalue weighted by molar-refractivity contribution is -0.144. The van der Waals surface area contributed by atoms with Gasteiger partial charge >= 0.3 is 12.1 Å². The Morgan fingerprint density at radius 3 is 2.46 bits per heavy atom. The number of ether oxygens (including phenoxy) is 1. The first-order valence-corrected chi connectivity index (χ1v) is 9.08. The highest BCUT2D eigenvalue weighted by molar-refractivity contribution is 5.70. The van der Waals surface area contributed by atoms with Crippen molar-refractivity contribution in [2.24, 2.45) is 5.92 Å². The molecular weight excluding hydrogens is 371 g/mol. The van der Waals surface area contributed by atoms with Crippen molar-refractivity contribution in [3.05, 3.63) is 65.2 Å². The average molecular weight is 393 g/mol. The van der Waals surface area contributed by atoms with E-state index in [1.165, 1.54) is 12.1 Å². The third-order valence-electron chi connectivity index (χ3n) is 5.15. The number of hydrogen-bond acceptors (Lipinski definition) is 3. The van der Waals surface area contributed by atoms with Crippen LogP contribution in [0.2, 0.25) is 0 Å². The monoisotopic (exact) mass is 393 g/mol. The van der Waals surface area contributed by atoms with E-state index in [-0.39, 0.29) is 6.04 Å². The van der Waals surface area contributed by atoms with Crippen LogP contribution in [0, 0.1) is 5.92 Å². The highest BCUT2D eigenvalue weighted by Gasteiger charge is 2.34. The smallest absolute Gasteiger partial charge is 0.416 e. The molecule has 0 bridgehead atoms. The summed E-state index contributed by atoms with van der Waals surface area (Å²) in [6.07, 6.45) is -3.10. The predicted molar refractivity (Wildman–Crippen MR) is 98.2 cm³/mol. The highest BCUT2D eigenvalue weighted by Crippen LogP contribution is 2.38. The predicted octanol–water partition coefficient (Wildman–Crippen LogP) is 4.60. The number of halogens is 3. The van der Waals surface area contributed by atoms with E-state index in [2.05, 4.69) is 0 Å². The Labute approximate surface area is 161 Å². The molecule has 0 aromatic heterocycles. The van der Waals surface area contributed by atoms with Gasteiger partial charge < -0.3 is 9.84 Å². The van der Waals surface area contributed by atoms with Gasteiger partial charge in [-0.2, -0.15) is 13.2 Å². The van der Waals surface area contributed by atoms with E-state index in [0.717, 1.165) is 17.7 Å². The summed E-state index contributed by atoms with van der Waals surface area (Å²) in [5.74, 6) is -0.735. The van der Waals surface area contributed by atoms with Gasteiger partial charge in [0.15, 0.2) is 0 Å². The van der Waals surface area contributed by atoms with E-state index in [9.17, 15) is 23.1 Å². The summed E-state index contributed by atoms with van der Waals surface area (Å²) in [5, 5.41) is 9.43. The number of nitrogens with zero attached hydrogens (tertiary/aromatic N) is 1. The molecule has 1 aliphatic heterocycles. The molecule has 1 N–H and O–H groups in total. The molecule has 4 nitrogen and oxygen atoms in total. The second kappa shape index (κ2) is 8.22. The number of likely N-dealkylation sites (tertiary alicyclic amines) is 1. The van der Waals surface area contributed by atoms with Crippen LogP contribution >= 0.6 is 0 Å². The fourth-order valence-electron chi connectivity index (χ4n) is 3.78. The lowest BCUT2D eigenvalue weighted by Crippen LogP contribution is -2.41. The van der Waals surface area contributed by atoms with Crippen LogP contribution in [0.3, 0.4) is 0 Å². The lowest BCUT2D eigenvalue weighted by Gasteiger charge is -2.38. The fraction of sp³-hybridized carbons (Fsp3) is 0.381. The molecule has 2 unspecified atom stereocenters. The van der Waals surface area contributed by atoms with Gasteiger partial charge in [-0.1, -0.05) is 30.3 Å². The van der Waals surface area contributed by atoms with Gasteiger partial charge in [0.2, 0.25) is 0 Å². The number of hydrogen-bond donors (Lipinski definition) is 1. The number of carbonyl (C=O) groups is 1. The Morgan fingerprint density at radius 2 is 1.86 bits per heavy atom. The van der Waals surface area contributed by atoms with E-state index >= 15 is 0 Å². The molecule has 0 amide bonds. The number of carboxylic acids is 1. The molecule has 28 heavy (non-hydrogen) atoms. The third kappa shape index (κ3) is 4.30. The number of rotatable bonds is 5. The Kier molecular flexibility index (Phi) is 5.93. The molecule has 1 saturated heterocycles. The lowest BCUT2D eigenvalue weighted by atomic mass is 9.90. The SMILES string of the molecule is COc1ccccc1C(c1ccc(C(F)(F)F)cc1)N1CCCC(C(=O)O)C1. The van der Waals surface area contributed by atoms with Crippen molar-refractivity contribution in [2.45, 2.75) is 25.1 Å². The zero-order chi connectivity index (χ0) is 20.3. The van der Waals surface area contributed by atoms with E-state index in [1.807, 2.05) is 23.1 Å². The molecule has 0 radical (unpaired) electrons. The minimum atomic E-state index is -4.40. The maximum atomic E-state index is 13.0. The minimum absolute atomic E-state index is 0.332. The summed E-state index contributed by atoms with van der Waals surface area (Å²) >= 11 is 0. The molecule has 150 valence electrons. The van der Waals surface area contributed by atoms with Crippen molar-refractivity contribution in [3.8, 4) is 5.75 Å². The van der Waals surface area contributed by atoms with Crippen molar-refractivity contribution >= 4 is 5.97 Å². The van der Waals surface area contributed by atoms with E-state index in [4.69, 9.17) is 4.74 Å². The molecule has 0 aliphatic carbocycles. The van der Waals surface area contributed by atoms with Gasteiger partial charge in [-0.05, 0) is 43.1 Å². The molecule has 1 aliphatic rings. The van der Waals surface area contributed by atoms with Crippen molar-refractivity contribution < 1.29 is 27.8 Å². The van der Waals surface area contributed by atoms with Crippen LogP contribution in [0.15, 0.2) is 48.5 Å². The molecule has 1 heterocycles. The Bertz CT molecular complexity index is 820. The fourth-order valence-corrected chi connectivity index (χ4v) is 3.78. The molecule has 0 spiro atoms. The quantitative estimate of drug-likeness (QED) is 0.807. The second-order valence-electron chi connectivity index (χ2n) is 6.94. The van der Waals surface area contributed by atoms with Gasteiger partial charge in [0.05, 0.1) is 24.6 Å². The average Bonchev–Trinajstić information content (AvgIpc) is 2.68. The zero-order valence-corrected chi connectivity index (χ0v) is 15.4. The summed E-state index contributed by atoms with van der Waals surface area (Å²) < 4.78 is 44.4. The van der Waals surface area contributed by atoms with Crippen molar-refractivity contribution in [3.63, 3.8) is 0 Å². The number of carboxylic acid groups (broad SMARTS) is 1. The topological polar surface area (TPSA) is 49.8 Å². The molecule has 0 saturated carbocycles. The molecule has 7 heteroatoms. The van der Waals surface area contributed by atoms with Crippen LogP contribution in [-0.2, 0) is 11.0 Å². The Hall–Kier alpha value is -2.54. The highest BCUT2D eigenvalue weighted by atomic mass is 19.4. The van der Waals surface area contributed by atoms with Crippen molar-refractivity contribution in [1.82, 2.24) is 4.90 Å². The second-order valence-corrected chi connectivity index (χ2v) is 6.94. The van der Waals surface area contributed by atoms with Gasteiger partial charge in [-0.25, -0.2) is 0 Å². The van der Waals surface area contributed by atoms with Crippen molar-refractivity contribution in [2.75, 3.05) is 20.2 Å². The zero-order valence-electron chi connectivity index (χ0n) is 15.4. The van der Waals surface area contributed by atoms with Gasteiger partial charge in [0.25, 0.3) is 0 Å². The molecule has 3 rings (SSSR count). The van der Waals surface area contributed by atoms with Gasteiger partial charge in [0.1, 0.15) is 5.75 Å². The van der Waals surface area contributed by atoms with Crippen LogP contribution in [0.1, 0.15) is 35.6 Å². The first-order chi connectivity index (χ1) is 13.3. The summed E-state index contributed by atoms with van der Waals surface area (Å²) in [5.41, 5.74) is 0.761. The minimum Gasteiger partial charge on any atom is -0.496 e. The van der Waals surface area contributed by atoms with Gasteiger partial charge in [-0.15, -0.1) is 0 Å². The summed E-state index contributed by atoms with van der Waals surface area (Å²) in [4.78, 5) is 13.5. The van der Waals surface area contributed by atoms with E-state index in [0.29, 0.717) is 37.2 Å². The summed E-state index contributed by atoms with van der Waals surface area (Å²) in [6.45, 7) is 0.993. The first-order valence-electron chi connectivity index (χ1n) is 9.08. The molecular formula is C21H22F3NO3. The number of benzene rings is 2. The van der Waals surface area contributed by atoms with Crippen LogP contribution in [-0.4, -0.2) is 36.2 Å². The Morgan fingerprint density at radius 1 is 1.18 bits per heavy atom. The van der Waals surface area contributed by atoms with Crippen LogP contribution in [0.25, 0.3) is 0 Å². The van der Waals surface area contributed by atoms with E-state index in [1.54, 1.807) is 13.2 Å². The number of aliphatic carboxylic acids is 1.